The Morgan fingerprint density at radius 3 is 2.95 bits per heavy atom. The maximum absolute atomic E-state index is 6.01. The Morgan fingerprint density at radius 2 is 2.30 bits per heavy atom. The molecule has 0 saturated carbocycles. The lowest BCUT2D eigenvalue weighted by Crippen LogP contribution is -2.42. The summed E-state index contributed by atoms with van der Waals surface area (Å²) in [5.41, 5.74) is 0.994. The third-order valence-electron chi connectivity index (χ3n) is 3.71. The summed E-state index contributed by atoms with van der Waals surface area (Å²) >= 11 is 0. The van der Waals surface area contributed by atoms with E-state index in [4.69, 9.17) is 9.47 Å². The second kappa shape index (κ2) is 7.55. The van der Waals surface area contributed by atoms with Gasteiger partial charge < -0.3 is 14.8 Å². The van der Waals surface area contributed by atoms with E-state index >= 15 is 0 Å². The van der Waals surface area contributed by atoms with Crippen LogP contribution in [0.5, 0.6) is 5.88 Å². The molecule has 1 saturated heterocycles. The number of nitrogens with one attached hydrogen (secondary N) is 1. The SMILES string of the molecule is CCCNC(Cc1cc(OC)ncn1)C1CCC(C)O1. The van der Waals surface area contributed by atoms with Gasteiger partial charge in [-0.2, -0.15) is 0 Å². The second-order valence-electron chi connectivity index (χ2n) is 5.38. The van der Waals surface area contributed by atoms with E-state index in [1.54, 1.807) is 13.4 Å². The average molecular weight is 279 g/mol. The number of hydrogen-bond acceptors (Lipinski definition) is 5. The van der Waals surface area contributed by atoms with Crippen molar-refractivity contribution in [2.75, 3.05) is 13.7 Å². The third kappa shape index (κ3) is 4.15. The van der Waals surface area contributed by atoms with Crippen molar-refractivity contribution in [3.05, 3.63) is 18.1 Å². The van der Waals surface area contributed by atoms with Crippen LogP contribution in [0.4, 0.5) is 0 Å². The summed E-state index contributed by atoms with van der Waals surface area (Å²) in [6, 6.07) is 2.21. The standard InChI is InChI=1S/C15H25N3O2/c1-4-7-16-13(14-6-5-11(2)20-14)8-12-9-15(19-3)18-10-17-12/h9-11,13-14,16H,4-8H2,1-3H3. The summed E-state index contributed by atoms with van der Waals surface area (Å²) in [4.78, 5) is 8.39. The van der Waals surface area contributed by atoms with Crippen LogP contribution >= 0.6 is 0 Å². The first-order valence-electron chi connectivity index (χ1n) is 7.46. The molecule has 20 heavy (non-hydrogen) atoms. The van der Waals surface area contributed by atoms with Gasteiger partial charge in [0.15, 0.2) is 0 Å². The fraction of sp³-hybridized carbons (Fsp3) is 0.733. The van der Waals surface area contributed by atoms with Crippen molar-refractivity contribution >= 4 is 0 Å². The van der Waals surface area contributed by atoms with Gasteiger partial charge in [-0.15, -0.1) is 0 Å². The molecule has 112 valence electrons. The van der Waals surface area contributed by atoms with Crippen molar-refractivity contribution in [3.63, 3.8) is 0 Å². The first-order chi connectivity index (χ1) is 9.72. The van der Waals surface area contributed by atoms with Gasteiger partial charge in [0.2, 0.25) is 5.88 Å². The Bertz CT molecular complexity index is 414. The van der Waals surface area contributed by atoms with E-state index in [1.807, 2.05) is 6.07 Å². The van der Waals surface area contributed by atoms with Gasteiger partial charge in [-0.05, 0) is 32.7 Å². The fourth-order valence-corrected chi connectivity index (χ4v) is 2.62. The van der Waals surface area contributed by atoms with Crippen LogP contribution < -0.4 is 10.1 Å². The van der Waals surface area contributed by atoms with Crippen LogP contribution in [0.15, 0.2) is 12.4 Å². The topological polar surface area (TPSA) is 56.3 Å². The van der Waals surface area contributed by atoms with Gasteiger partial charge >= 0.3 is 0 Å². The lowest BCUT2D eigenvalue weighted by molar-refractivity contribution is 0.0318. The molecule has 2 rings (SSSR count). The summed E-state index contributed by atoms with van der Waals surface area (Å²) in [5, 5.41) is 3.59. The van der Waals surface area contributed by atoms with Crippen molar-refractivity contribution in [2.24, 2.45) is 0 Å². The molecule has 0 spiro atoms. The van der Waals surface area contributed by atoms with E-state index < -0.39 is 0 Å². The van der Waals surface area contributed by atoms with Crippen molar-refractivity contribution in [2.45, 2.75) is 57.8 Å². The number of nitrogens with zero attached hydrogens (tertiary/aromatic N) is 2. The number of rotatable bonds is 7. The number of ether oxygens (including phenoxy) is 2. The summed E-state index contributed by atoms with van der Waals surface area (Å²) in [6.45, 7) is 5.32. The highest BCUT2D eigenvalue weighted by atomic mass is 16.5. The monoisotopic (exact) mass is 279 g/mol. The minimum atomic E-state index is 0.275. The van der Waals surface area contributed by atoms with Gasteiger partial charge in [0, 0.05) is 24.2 Å². The van der Waals surface area contributed by atoms with Crippen molar-refractivity contribution in [3.8, 4) is 5.88 Å². The van der Waals surface area contributed by atoms with Gasteiger partial charge in [0.25, 0.3) is 0 Å². The Labute approximate surface area is 121 Å². The zero-order chi connectivity index (χ0) is 14.4. The van der Waals surface area contributed by atoms with Gasteiger partial charge in [-0.25, -0.2) is 9.97 Å². The van der Waals surface area contributed by atoms with E-state index in [0.717, 1.165) is 37.9 Å². The zero-order valence-corrected chi connectivity index (χ0v) is 12.6. The minimum absolute atomic E-state index is 0.275. The molecular formula is C15H25N3O2. The Hall–Kier alpha value is -1.20. The molecule has 5 heteroatoms. The summed E-state index contributed by atoms with van der Waals surface area (Å²) in [6.07, 6.45) is 6.42. The zero-order valence-electron chi connectivity index (χ0n) is 12.6. The molecule has 0 radical (unpaired) electrons. The molecule has 0 aliphatic carbocycles. The molecule has 1 aromatic rings. The van der Waals surface area contributed by atoms with E-state index in [9.17, 15) is 0 Å². The van der Waals surface area contributed by atoms with Crippen LogP contribution in [0.2, 0.25) is 0 Å². The van der Waals surface area contributed by atoms with E-state index in [2.05, 4.69) is 29.1 Å². The molecule has 1 fully saturated rings. The van der Waals surface area contributed by atoms with Crippen LogP contribution in [-0.2, 0) is 11.2 Å². The van der Waals surface area contributed by atoms with Crippen LogP contribution in [0.25, 0.3) is 0 Å². The summed E-state index contributed by atoms with van der Waals surface area (Å²) < 4.78 is 11.2. The second-order valence-corrected chi connectivity index (χ2v) is 5.38. The molecule has 1 aliphatic rings. The van der Waals surface area contributed by atoms with E-state index in [-0.39, 0.29) is 6.10 Å². The van der Waals surface area contributed by atoms with Gasteiger partial charge in [-0.1, -0.05) is 6.92 Å². The fourth-order valence-electron chi connectivity index (χ4n) is 2.62. The molecule has 1 N–H and O–H groups in total. The van der Waals surface area contributed by atoms with Crippen LogP contribution in [0.1, 0.15) is 38.8 Å². The molecule has 0 aromatic carbocycles. The highest BCUT2D eigenvalue weighted by molar-refractivity contribution is 5.14. The van der Waals surface area contributed by atoms with Crippen LogP contribution in [-0.4, -0.2) is 41.9 Å². The van der Waals surface area contributed by atoms with Crippen LogP contribution in [0.3, 0.4) is 0 Å². The molecule has 1 aromatic heterocycles. The highest BCUT2D eigenvalue weighted by Crippen LogP contribution is 2.23. The summed E-state index contributed by atoms with van der Waals surface area (Å²) in [5.74, 6) is 0.616. The van der Waals surface area contributed by atoms with Crippen molar-refractivity contribution in [1.82, 2.24) is 15.3 Å². The summed E-state index contributed by atoms with van der Waals surface area (Å²) in [7, 11) is 1.63. The lowest BCUT2D eigenvalue weighted by atomic mass is 10.0. The Kier molecular flexibility index (Phi) is 5.73. The maximum atomic E-state index is 6.01. The minimum Gasteiger partial charge on any atom is -0.481 e. The molecule has 5 nitrogen and oxygen atoms in total. The van der Waals surface area contributed by atoms with Crippen molar-refractivity contribution < 1.29 is 9.47 Å². The average Bonchev–Trinajstić information content (AvgIpc) is 2.90. The number of hydrogen-bond donors (Lipinski definition) is 1. The largest absolute Gasteiger partial charge is 0.481 e. The Morgan fingerprint density at radius 1 is 1.45 bits per heavy atom. The Balaban J connectivity index is 2.02. The molecule has 1 aliphatic heterocycles. The third-order valence-corrected chi connectivity index (χ3v) is 3.71. The van der Waals surface area contributed by atoms with Gasteiger partial charge in [0.1, 0.15) is 6.33 Å². The maximum Gasteiger partial charge on any atom is 0.216 e. The first kappa shape index (κ1) is 15.2. The quantitative estimate of drug-likeness (QED) is 0.827. The molecule has 0 bridgehead atoms. The lowest BCUT2D eigenvalue weighted by Gasteiger charge is -2.24. The predicted molar refractivity (Wildman–Crippen MR) is 77.9 cm³/mol. The van der Waals surface area contributed by atoms with Gasteiger partial charge in [0.05, 0.1) is 19.3 Å². The number of aromatic nitrogens is 2. The molecule has 0 amide bonds. The first-order valence-corrected chi connectivity index (χ1v) is 7.46. The van der Waals surface area contributed by atoms with Gasteiger partial charge in [-0.3, -0.25) is 0 Å². The number of methoxy groups -OCH3 is 1. The van der Waals surface area contributed by atoms with E-state index in [1.165, 1.54) is 0 Å². The molecular weight excluding hydrogens is 254 g/mol. The smallest absolute Gasteiger partial charge is 0.216 e. The molecule has 2 heterocycles. The normalized spacial score (nSPS) is 23.8. The van der Waals surface area contributed by atoms with Crippen LogP contribution in [0, 0.1) is 0 Å². The molecule has 3 atom stereocenters. The highest BCUT2D eigenvalue weighted by Gasteiger charge is 2.29. The van der Waals surface area contributed by atoms with E-state index in [0.29, 0.717) is 18.0 Å². The molecule has 3 unspecified atom stereocenters. The van der Waals surface area contributed by atoms with Crippen molar-refractivity contribution in [1.29, 1.82) is 0 Å². The predicted octanol–water partition coefficient (Wildman–Crippen LogP) is 1.96.